The highest BCUT2D eigenvalue weighted by Gasteiger charge is 2.09. The van der Waals surface area contributed by atoms with Crippen molar-refractivity contribution in [2.75, 3.05) is 5.75 Å². The molecule has 0 amide bonds. The number of hydrogen-bond acceptors (Lipinski definition) is 2. The quantitative estimate of drug-likeness (QED) is 0.715. The van der Waals surface area contributed by atoms with Crippen LogP contribution in [0.2, 0.25) is 10.0 Å². The molecular formula is C15H11Cl2FOS. The van der Waals surface area contributed by atoms with Crippen LogP contribution in [0.15, 0.2) is 47.4 Å². The van der Waals surface area contributed by atoms with E-state index >= 15 is 0 Å². The molecule has 0 spiro atoms. The molecule has 0 radical (unpaired) electrons. The van der Waals surface area contributed by atoms with Crippen LogP contribution in [0.1, 0.15) is 5.56 Å². The van der Waals surface area contributed by atoms with Crippen LogP contribution in [0.3, 0.4) is 0 Å². The first-order valence-electron chi connectivity index (χ1n) is 5.88. The second kappa shape index (κ2) is 7.11. The van der Waals surface area contributed by atoms with E-state index in [4.69, 9.17) is 23.2 Å². The zero-order chi connectivity index (χ0) is 14.5. The molecule has 1 nitrogen and oxygen atoms in total. The maximum atomic E-state index is 13.6. The minimum atomic E-state index is -0.446. The maximum Gasteiger partial charge on any atom is 0.147 e. The standard InChI is InChI=1S/C15H11Cl2FOS/c16-11-2-1-3-14(7-11)20-9-13(19)6-10-4-5-12(17)8-15(10)18/h1-5,7-8H,6,9H2. The summed E-state index contributed by atoms with van der Waals surface area (Å²) in [5.74, 6) is -0.211. The monoisotopic (exact) mass is 328 g/mol. The van der Waals surface area contributed by atoms with Crippen LogP contribution in [-0.2, 0) is 11.2 Å². The van der Waals surface area contributed by atoms with E-state index in [1.165, 1.54) is 17.8 Å². The number of Topliss-reactive ketones (excluding diaryl/α,β-unsaturated/α-hetero) is 1. The van der Waals surface area contributed by atoms with Gasteiger partial charge in [0, 0.05) is 21.4 Å². The highest BCUT2D eigenvalue weighted by atomic mass is 35.5. The van der Waals surface area contributed by atoms with Gasteiger partial charge in [-0.25, -0.2) is 4.39 Å². The first-order chi connectivity index (χ1) is 9.54. The molecule has 2 rings (SSSR count). The summed E-state index contributed by atoms with van der Waals surface area (Å²) in [6, 6.07) is 11.6. The Kier molecular flexibility index (Phi) is 5.46. The van der Waals surface area contributed by atoms with Crippen molar-refractivity contribution in [3.05, 3.63) is 63.9 Å². The Bertz CT molecular complexity index is 631. The SMILES string of the molecule is O=C(CSc1cccc(Cl)c1)Cc1ccc(Cl)cc1F. The summed E-state index contributed by atoms with van der Waals surface area (Å²) in [5.41, 5.74) is 0.367. The molecule has 0 fully saturated rings. The summed E-state index contributed by atoms with van der Waals surface area (Å²) < 4.78 is 13.6. The Hall–Kier alpha value is -1.03. The van der Waals surface area contributed by atoms with Crippen molar-refractivity contribution in [3.8, 4) is 0 Å². The zero-order valence-electron chi connectivity index (χ0n) is 10.4. The molecule has 0 atom stereocenters. The minimum absolute atomic E-state index is 0.0452. The number of benzene rings is 2. The molecule has 0 aliphatic carbocycles. The van der Waals surface area contributed by atoms with Crippen molar-refractivity contribution in [2.45, 2.75) is 11.3 Å². The van der Waals surface area contributed by atoms with E-state index in [9.17, 15) is 9.18 Å². The molecule has 0 unspecified atom stereocenters. The van der Waals surface area contributed by atoms with Gasteiger partial charge in [0.15, 0.2) is 0 Å². The van der Waals surface area contributed by atoms with Crippen LogP contribution < -0.4 is 0 Å². The molecule has 5 heteroatoms. The number of halogens is 3. The van der Waals surface area contributed by atoms with Gasteiger partial charge in [0.1, 0.15) is 11.6 Å². The van der Waals surface area contributed by atoms with Crippen LogP contribution in [0.4, 0.5) is 4.39 Å². The molecule has 0 aliphatic heterocycles. The Morgan fingerprint density at radius 1 is 1.10 bits per heavy atom. The fraction of sp³-hybridized carbons (Fsp3) is 0.133. The first-order valence-corrected chi connectivity index (χ1v) is 7.63. The molecule has 0 N–H and O–H groups in total. The highest BCUT2D eigenvalue weighted by molar-refractivity contribution is 8.00. The van der Waals surface area contributed by atoms with Gasteiger partial charge in [-0.1, -0.05) is 35.3 Å². The third kappa shape index (κ3) is 4.51. The van der Waals surface area contributed by atoms with Crippen molar-refractivity contribution in [1.82, 2.24) is 0 Å². The molecule has 0 aliphatic rings. The summed E-state index contributed by atoms with van der Waals surface area (Å²) in [6.45, 7) is 0. The van der Waals surface area contributed by atoms with Gasteiger partial charge in [-0.15, -0.1) is 11.8 Å². The van der Waals surface area contributed by atoms with E-state index in [-0.39, 0.29) is 18.0 Å². The molecule has 0 bridgehead atoms. The van der Waals surface area contributed by atoms with E-state index in [2.05, 4.69) is 0 Å². The average molecular weight is 329 g/mol. The van der Waals surface area contributed by atoms with Gasteiger partial charge < -0.3 is 0 Å². The summed E-state index contributed by atoms with van der Waals surface area (Å²) in [7, 11) is 0. The normalized spacial score (nSPS) is 10.6. The lowest BCUT2D eigenvalue weighted by Gasteiger charge is -2.04. The zero-order valence-corrected chi connectivity index (χ0v) is 12.7. The van der Waals surface area contributed by atoms with Gasteiger partial charge in [0.25, 0.3) is 0 Å². The molecule has 0 saturated carbocycles. The summed E-state index contributed by atoms with van der Waals surface area (Å²) >= 11 is 12.9. The summed E-state index contributed by atoms with van der Waals surface area (Å²) in [4.78, 5) is 12.8. The fourth-order valence-electron chi connectivity index (χ4n) is 1.65. The van der Waals surface area contributed by atoms with Crippen LogP contribution in [0.25, 0.3) is 0 Å². The van der Waals surface area contributed by atoms with E-state index in [0.29, 0.717) is 15.6 Å². The van der Waals surface area contributed by atoms with Gasteiger partial charge in [0.2, 0.25) is 0 Å². The molecular weight excluding hydrogens is 318 g/mol. The van der Waals surface area contributed by atoms with Crippen LogP contribution in [-0.4, -0.2) is 11.5 Å². The Morgan fingerprint density at radius 3 is 2.55 bits per heavy atom. The van der Waals surface area contributed by atoms with Crippen LogP contribution in [0, 0.1) is 5.82 Å². The lowest BCUT2D eigenvalue weighted by molar-refractivity contribution is -0.116. The molecule has 0 aromatic heterocycles. The Labute approximate surface area is 131 Å². The number of ketones is 1. The Balaban J connectivity index is 1.92. The number of thioether (sulfide) groups is 1. The lowest BCUT2D eigenvalue weighted by atomic mass is 10.1. The van der Waals surface area contributed by atoms with E-state index in [0.717, 1.165) is 4.90 Å². The average Bonchev–Trinajstić information content (AvgIpc) is 2.40. The van der Waals surface area contributed by atoms with Crippen molar-refractivity contribution >= 4 is 40.7 Å². The molecule has 2 aromatic rings. The molecule has 0 saturated heterocycles. The van der Waals surface area contributed by atoms with Crippen LogP contribution in [0.5, 0.6) is 0 Å². The predicted octanol–water partition coefficient (Wildman–Crippen LogP) is 5.04. The summed E-state index contributed by atoms with van der Waals surface area (Å²) in [5, 5.41) is 0.957. The molecule has 20 heavy (non-hydrogen) atoms. The van der Waals surface area contributed by atoms with Crippen LogP contribution >= 0.6 is 35.0 Å². The number of hydrogen-bond donors (Lipinski definition) is 0. The van der Waals surface area contributed by atoms with Crippen molar-refractivity contribution in [2.24, 2.45) is 0 Å². The third-order valence-corrected chi connectivity index (χ3v) is 4.12. The highest BCUT2D eigenvalue weighted by Crippen LogP contribution is 2.22. The number of carbonyl (C=O) groups is 1. The van der Waals surface area contributed by atoms with Gasteiger partial charge in [-0.2, -0.15) is 0 Å². The fourth-order valence-corrected chi connectivity index (χ4v) is 2.88. The Morgan fingerprint density at radius 2 is 1.85 bits per heavy atom. The van der Waals surface area contributed by atoms with E-state index in [1.807, 2.05) is 12.1 Å². The lowest BCUT2D eigenvalue weighted by Crippen LogP contribution is -2.07. The van der Waals surface area contributed by atoms with Gasteiger partial charge in [-0.3, -0.25) is 4.79 Å². The number of carbonyl (C=O) groups excluding carboxylic acids is 1. The van der Waals surface area contributed by atoms with E-state index in [1.54, 1.807) is 24.3 Å². The molecule has 104 valence electrons. The van der Waals surface area contributed by atoms with Crippen molar-refractivity contribution < 1.29 is 9.18 Å². The van der Waals surface area contributed by atoms with Crippen molar-refractivity contribution in [1.29, 1.82) is 0 Å². The minimum Gasteiger partial charge on any atom is -0.298 e. The van der Waals surface area contributed by atoms with Gasteiger partial charge in [0.05, 0.1) is 5.75 Å². The van der Waals surface area contributed by atoms with Gasteiger partial charge >= 0.3 is 0 Å². The largest absolute Gasteiger partial charge is 0.298 e. The second-order valence-corrected chi connectivity index (χ2v) is 6.12. The molecule has 2 aromatic carbocycles. The smallest absolute Gasteiger partial charge is 0.147 e. The topological polar surface area (TPSA) is 17.1 Å². The third-order valence-electron chi connectivity index (χ3n) is 2.60. The van der Waals surface area contributed by atoms with E-state index < -0.39 is 5.82 Å². The van der Waals surface area contributed by atoms with Crippen molar-refractivity contribution in [3.63, 3.8) is 0 Å². The first kappa shape index (κ1) is 15.4. The maximum absolute atomic E-state index is 13.6. The van der Waals surface area contributed by atoms with Gasteiger partial charge in [-0.05, 0) is 35.9 Å². The predicted molar refractivity (Wildman–Crippen MR) is 82.3 cm³/mol. The second-order valence-electron chi connectivity index (χ2n) is 4.20. The number of rotatable bonds is 5. The molecule has 0 heterocycles. The summed E-state index contributed by atoms with van der Waals surface area (Å²) in [6.07, 6.45) is 0.0660.